The molecule has 0 aliphatic heterocycles. The fourth-order valence-electron chi connectivity index (χ4n) is 2.18. The number of rotatable bonds is 6. The van der Waals surface area contributed by atoms with E-state index < -0.39 is 30.0 Å². The zero-order chi connectivity index (χ0) is 20.9. The summed E-state index contributed by atoms with van der Waals surface area (Å²) in [5, 5.41) is 6.49. The van der Waals surface area contributed by atoms with Crippen molar-refractivity contribution in [1.82, 2.24) is 0 Å². The normalized spacial score (nSPS) is 10.9. The SMILES string of the molecule is [H-].[H-].[N-]=[N+]=Nc1ccc(C=Cc2ccc(N=[N+]=[N-])cc2S(=O)(=O)O)c(S(=O)(=O)O)c1.[Na+].[Na+]. The first-order chi connectivity index (χ1) is 13.1. The number of azide groups is 2. The first kappa shape index (κ1) is 28.6. The summed E-state index contributed by atoms with van der Waals surface area (Å²) in [6, 6.07) is 6.88. The molecule has 2 rings (SSSR count). The second kappa shape index (κ2) is 11.9. The van der Waals surface area contributed by atoms with E-state index in [9.17, 15) is 25.9 Å². The summed E-state index contributed by atoms with van der Waals surface area (Å²) in [7, 11) is -9.38. The minimum absolute atomic E-state index is 0. The molecule has 0 spiro atoms. The van der Waals surface area contributed by atoms with E-state index in [-0.39, 0.29) is 84.5 Å². The Morgan fingerprint density at radius 1 is 0.767 bits per heavy atom. The fraction of sp³-hybridized carbons (Fsp3) is 0. The van der Waals surface area contributed by atoms with E-state index in [1.165, 1.54) is 36.4 Å². The summed E-state index contributed by atoms with van der Waals surface area (Å²) in [5.41, 5.74) is 16.6. The molecule has 30 heavy (non-hydrogen) atoms. The van der Waals surface area contributed by atoms with Crippen molar-refractivity contribution in [3.8, 4) is 0 Å². The Kier molecular flexibility index (Phi) is 11.3. The van der Waals surface area contributed by atoms with Crippen LogP contribution in [0.25, 0.3) is 33.0 Å². The van der Waals surface area contributed by atoms with Crippen LogP contribution in [0.2, 0.25) is 0 Å². The maximum absolute atomic E-state index is 11.6. The zero-order valence-electron chi connectivity index (χ0n) is 17.6. The molecule has 0 aliphatic carbocycles. The van der Waals surface area contributed by atoms with Gasteiger partial charge in [-0.2, -0.15) is 16.8 Å². The first-order valence-corrected chi connectivity index (χ1v) is 9.95. The van der Waals surface area contributed by atoms with Gasteiger partial charge in [0.15, 0.2) is 0 Å². The molecule has 0 aromatic heterocycles. The third kappa shape index (κ3) is 7.71. The molecule has 0 heterocycles. The van der Waals surface area contributed by atoms with Crippen molar-refractivity contribution in [2.24, 2.45) is 10.2 Å². The van der Waals surface area contributed by atoms with E-state index in [4.69, 9.17) is 11.1 Å². The topological polar surface area (TPSA) is 206 Å². The van der Waals surface area contributed by atoms with Gasteiger partial charge in [0.05, 0.1) is 0 Å². The Balaban J connectivity index is -0.00000210. The van der Waals surface area contributed by atoms with Crippen LogP contribution in [-0.4, -0.2) is 25.9 Å². The second-order valence-corrected chi connectivity index (χ2v) is 7.89. The molecule has 0 atom stereocenters. The van der Waals surface area contributed by atoms with Gasteiger partial charge in [0.1, 0.15) is 9.79 Å². The molecule has 0 amide bonds. The summed E-state index contributed by atoms with van der Waals surface area (Å²) < 4.78 is 65.0. The molecule has 148 valence electrons. The predicted molar refractivity (Wildman–Crippen MR) is 101 cm³/mol. The van der Waals surface area contributed by atoms with Crippen LogP contribution in [0.15, 0.2) is 56.4 Å². The summed E-state index contributed by atoms with van der Waals surface area (Å²) in [5.74, 6) is 0. The molecule has 16 heteroatoms. The molecule has 12 nitrogen and oxygen atoms in total. The van der Waals surface area contributed by atoms with Crippen molar-refractivity contribution in [1.29, 1.82) is 0 Å². The van der Waals surface area contributed by atoms with Gasteiger partial charge in [-0.25, -0.2) is 0 Å². The Hall–Kier alpha value is -1.38. The van der Waals surface area contributed by atoms with E-state index in [0.29, 0.717) is 0 Å². The molecule has 2 aromatic rings. The molecule has 0 unspecified atom stereocenters. The van der Waals surface area contributed by atoms with E-state index >= 15 is 0 Å². The van der Waals surface area contributed by atoms with E-state index in [2.05, 4.69) is 20.1 Å². The maximum atomic E-state index is 11.6. The van der Waals surface area contributed by atoms with Gasteiger partial charge in [-0.1, -0.05) is 46.6 Å². The monoisotopic (exact) mass is 470 g/mol. The van der Waals surface area contributed by atoms with Crippen molar-refractivity contribution in [3.05, 3.63) is 68.4 Å². The summed E-state index contributed by atoms with van der Waals surface area (Å²) >= 11 is 0. The van der Waals surface area contributed by atoms with Crippen molar-refractivity contribution >= 4 is 43.8 Å². The molecule has 0 bridgehead atoms. The van der Waals surface area contributed by atoms with Crippen LogP contribution < -0.4 is 59.1 Å². The van der Waals surface area contributed by atoms with E-state index in [0.717, 1.165) is 12.1 Å². The van der Waals surface area contributed by atoms with E-state index in [1.54, 1.807) is 0 Å². The Bertz CT molecular complexity index is 1200. The van der Waals surface area contributed by atoms with Gasteiger partial charge < -0.3 is 2.85 Å². The van der Waals surface area contributed by atoms with Crippen LogP contribution in [0.4, 0.5) is 11.4 Å². The van der Waals surface area contributed by atoms with Gasteiger partial charge >= 0.3 is 59.1 Å². The average Bonchev–Trinajstić information content (AvgIpc) is 2.60. The Labute approximate surface area is 218 Å². The van der Waals surface area contributed by atoms with Crippen molar-refractivity contribution in [3.63, 3.8) is 0 Å². The van der Waals surface area contributed by atoms with Crippen LogP contribution in [-0.2, 0) is 20.2 Å². The average molecular weight is 470 g/mol. The minimum atomic E-state index is -4.69. The van der Waals surface area contributed by atoms with Crippen molar-refractivity contribution < 1.29 is 87.9 Å². The third-order valence-electron chi connectivity index (χ3n) is 3.31. The molecular formula is C14H12N6Na2O6S2. The van der Waals surface area contributed by atoms with Gasteiger partial charge in [0.25, 0.3) is 20.2 Å². The summed E-state index contributed by atoms with van der Waals surface area (Å²) in [6.07, 6.45) is 2.33. The largest absolute Gasteiger partial charge is 1.00 e. The smallest absolute Gasteiger partial charge is 1.00 e. The van der Waals surface area contributed by atoms with Crippen LogP contribution in [0.5, 0.6) is 0 Å². The van der Waals surface area contributed by atoms with Crippen molar-refractivity contribution in [2.75, 3.05) is 0 Å². The molecule has 2 N–H and O–H groups in total. The number of nitrogens with zero attached hydrogens (tertiary/aromatic N) is 6. The number of hydrogen-bond donors (Lipinski definition) is 2. The second-order valence-electron chi connectivity index (χ2n) is 5.11. The first-order valence-electron chi connectivity index (χ1n) is 7.07. The third-order valence-corrected chi connectivity index (χ3v) is 5.13. The Morgan fingerprint density at radius 2 is 1.10 bits per heavy atom. The molecular weight excluding hydrogens is 458 g/mol. The molecule has 0 saturated carbocycles. The predicted octanol–water partition coefficient (Wildman–Crippen LogP) is -1.53. The van der Waals surface area contributed by atoms with Crippen LogP contribution in [0, 0.1) is 0 Å². The standard InChI is InChI=1S/C14H10N6O6S2.2Na.2H/c15-19-17-11-5-3-9(13(7-11)27(21,22)23)1-2-10-4-6-12(18-20-16)8-14(10)28(24,25)26;;;;/h1-8H,(H,21,22,23)(H,24,25,26);;;;/q;2*+1;2*-1. The van der Waals surface area contributed by atoms with Gasteiger partial charge in [-0.3, -0.25) is 9.11 Å². The van der Waals surface area contributed by atoms with Crippen LogP contribution in [0.1, 0.15) is 14.0 Å². The Morgan fingerprint density at radius 3 is 1.37 bits per heavy atom. The summed E-state index contributed by atoms with van der Waals surface area (Å²) in [6.45, 7) is 0. The molecule has 0 aliphatic rings. The minimum Gasteiger partial charge on any atom is -1.00 e. The van der Waals surface area contributed by atoms with E-state index in [1.807, 2.05) is 0 Å². The molecule has 2 aromatic carbocycles. The van der Waals surface area contributed by atoms with Crippen molar-refractivity contribution in [2.45, 2.75) is 9.79 Å². The fourth-order valence-corrected chi connectivity index (χ4v) is 3.58. The van der Waals surface area contributed by atoms with Gasteiger partial charge in [0.2, 0.25) is 0 Å². The quantitative estimate of drug-likeness (QED) is 0.128. The molecule has 0 radical (unpaired) electrons. The number of hydrogen-bond acceptors (Lipinski definition) is 6. The molecule has 0 saturated heterocycles. The zero-order valence-corrected chi connectivity index (χ0v) is 21.3. The van der Waals surface area contributed by atoms with Gasteiger partial charge in [-0.15, -0.1) is 0 Å². The van der Waals surface area contributed by atoms with Gasteiger partial charge in [-0.05, 0) is 34.3 Å². The molecule has 0 fully saturated rings. The maximum Gasteiger partial charge on any atom is 1.00 e. The summed E-state index contributed by atoms with van der Waals surface area (Å²) in [4.78, 5) is 3.88. The van der Waals surface area contributed by atoms with Crippen LogP contribution in [0.3, 0.4) is 0 Å². The van der Waals surface area contributed by atoms with Gasteiger partial charge in [0, 0.05) is 21.2 Å². The van der Waals surface area contributed by atoms with Crippen LogP contribution >= 0.6 is 0 Å². The number of benzene rings is 2.